The van der Waals surface area contributed by atoms with Crippen LogP contribution in [0.25, 0.3) is 0 Å². The van der Waals surface area contributed by atoms with Gasteiger partial charge in [0.1, 0.15) is 5.82 Å². The third kappa shape index (κ3) is 5.29. The Morgan fingerprint density at radius 1 is 0.931 bits per heavy atom. The zero-order chi connectivity index (χ0) is 20.8. The Labute approximate surface area is 169 Å². The molecular formula is C24H23FN2O2. The van der Waals surface area contributed by atoms with E-state index in [1.165, 1.54) is 12.1 Å². The Bertz CT molecular complexity index is 1020. The molecule has 0 radical (unpaired) electrons. The molecule has 0 bridgehead atoms. The van der Waals surface area contributed by atoms with Gasteiger partial charge in [-0.25, -0.2) is 4.39 Å². The Morgan fingerprint density at radius 3 is 2.38 bits per heavy atom. The first-order valence-corrected chi connectivity index (χ1v) is 9.45. The molecule has 0 aliphatic carbocycles. The lowest BCUT2D eigenvalue weighted by atomic mass is 9.99. The summed E-state index contributed by atoms with van der Waals surface area (Å²) in [7, 11) is 0. The molecule has 0 fully saturated rings. The van der Waals surface area contributed by atoms with E-state index in [1.54, 1.807) is 44.2 Å². The average Bonchev–Trinajstić information content (AvgIpc) is 2.70. The van der Waals surface area contributed by atoms with Crippen molar-refractivity contribution in [1.29, 1.82) is 0 Å². The van der Waals surface area contributed by atoms with Crippen LogP contribution in [0.1, 0.15) is 28.4 Å². The van der Waals surface area contributed by atoms with E-state index in [4.69, 9.17) is 0 Å². The minimum Gasteiger partial charge on any atom is -0.326 e. The molecule has 29 heavy (non-hydrogen) atoms. The number of hydrogen-bond donors (Lipinski definition) is 2. The SMILES string of the molecule is Cc1c(NC(=O)C(C)Cc2cccc(F)c2)cccc1C(=O)Nc1ccccc1. The van der Waals surface area contributed by atoms with Gasteiger partial charge in [0.2, 0.25) is 5.91 Å². The van der Waals surface area contributed by atoms with Gasteiger partial charge in [0.25, 0.3) is 5.91 Å². The number of benzene rings is 3. The molecule has 4 nitrogen and oxygen atoms in total. The fourth-order valence-electron chi connectivity index (χ4n) is 3.10. The molecule has 0 aromatic heterocycles. The minimum atomic E-state index is -0.349. The number of para-hydroxylation sites is 1. The van der Waals surface area contributed by atoms with Crippen LogP contribution < -0.4 is 10.6 Å². The first-order chi connectivity index (χ1) is 13.9. The lowest BCUT2D eigenvalue weighted by molar-refractivity contribution is -0.119. The van der Waals surface area contributed by atoms with Crippen molar-refractivity contribution < 1.29 is 14.0 Å². The highest BCUT2D eigenvalue weighted by molar-refractivity contribution is 6.06. The zero-order valence-electron chi connectivity index (χ0n) is 16.4. The Kier molecular flexibility index (Phi) is 6.39. The largest absolute Gasteiger partial charge is 0.326 e. The van der Waals surface area contributed by atoms with Crippen molar-refractivity contribution in [3.05, 3.63) is 95.3 Å². The molecular weight excluding hydrogens is 367 g/mol. The van der Waals surface area contributed by atoms with E-state index in [0.29, 0.717) is 28.9 Å². The van der Waals surface area contributed by atoms with Crippen LogP contribution in [0.15, 0.2) is 72.8 Å². The van der Waals surface area contributed by atoms with E-state index in [0.717, 1.165) is 5.56 Å². The Morgan fingerprint density at radius 2 is 1.66 bits per heavy atom. The summed E-state index contributed by atoms with van der Waals surface area (Å²) in [5.41, 5.74) is 3.23. The first-order valence-electron chi connectivity index (χ1n) is 9.45. The molecule has 2 N–H and O–H groups in total. The second kappa shape index (κ2) is 9.15. The molecule has 0 heterocycles. The van der Waals surface area contributed by atoms with Gasteiger partial charge in [0, 0.05) is 22.9 Å². The second-order valence-electron chi connectivity index (χ2n) is 7.02. The van der Waals surface area contributed by atoms with Gasteiger partial charge >= 0.3 is 0 Å². The summed E-state index contributed by atoms with van der Waals surface area (Å²) in [4.78, 5) is 25.2. The van der Waals surface area contributed by atoms with Crippen LogP contribution in [0, 0.1) is 18.7 Å². The summed E-state index contributed by atoms with van der Waals surface area (Å²) in [6, 6.07) is 20.7. The fourth-order valence-corrected chi connectivity index (χ4v) is 3.10. The van der Waals surface area contributed by atoms with Gasteiger partial charge in [-0.1, -0.05) is 43.3 Å². The highest BCUT2D eigenvalue weighted by Crippen LogP contribution is 2.22. The second-order valence-corrected chi connectivity index (χ2v) is 7.02. The van der Waals surface area contributed by atoms with Gasteiger partial charge in [-0.05, 0) is 60.9 Å². The van der Waals surface area contributed by atoms with Crippen molar-refractivity contribution in [1.82, 2.24) is 0 Å². The molecule has 0 aliphatic rings. The molecule has 0 aliphatic heterocycles. The number of rotatable bonds is 6. The smallest absolute Gasteiger partial charge is 0.256 e. The van der Waals surface area contributed by atoms with Crippen LogP contribution in [-0.4, -0.2) is 11.8 Å². The molecule has 1 unspecified atom stereocenters. The van der Waals surface area contributed by atoms with Gasteiger partial charge in [0.05, 0.1) is 0 Å². The van der Waals surface area contributed by atoms with E-state index in [1.807, 2.05) is 30.3 Å². The monoisotopic (exact) mass is 390 g/mol. The van der Waals surface area contributed by atoms with Crippen LogP contribution in [0.5, 0.6) is 0 Å². The third-order valence-corrected chi connectivity index (χ3v) is 4.75. The molecule has 1 atom stereocenters. The van der Waals surface area contributed by atoms with Gasteiger partial charge in [0.15, 0.2) is 0 Å². The van der Waals surface area contributed by atoms with Crippen molar-refractivity contribution >= 4 is 23.2 Å². The quantitative estimate of drug-likeness (QED) is 0.607. The molecule has 148 valence electrons. The lowest BCUT2D eigenvalue weighted by Crippen LogP contribution is -2.23. The molecule has 2 amide bonds. The molecule has 3 aromatic rings. The molecule has 0 spiro atoms. The molecule has 5 heteroatoms. The van der Waals surface area contributed by atoms with Crippen molar-refractivity contribution in [3.63, 3.8) is 0 Å². The van der Waals surface area contributed by atoms with Gasteiger partial charge in [-0.2, -0.15) is 0 Å². The summed E-state index contributed by atoms with van der Waals surface area (Å²) in [6.07, 6.45) is 0.427. The van der Waals surface area contributed by atoms with E-state index >= 15 is 0 Å². The number of halogens is 1. The normalized spacial score (nSPS) is 11.6. The predicted octanol–water partition coefficient (Wildman–Crippen LogP) is 5.20. The van der Waals surface area contributed by atoms with Crippen molar-refractivity contribution in [2.24, 2.45) is 5.92 Å². The summed E-state index contributed by atoms with van der Waals surface area (Å²) in [5, 5.41) is 5.74. The maximum absolute atomic E-state index is 13.4. The number of anilines is 2. The molecule has 3 rings (SSSR count). The van der Waals surface area contributed by atoms with E-state index in [-0.39, 0.29) is 23.5 Å². The maximum Gasteiger partial charge on any atom is 0.256 e. The number of nitrogens with one attached hydrogen (secondary N) is 2. The molecule has 0 saturated heterocycles. The van der Waals surface area contributed by atoms with Crippen LogP contribution in [-0.2, 0) is 11.2 Å². The lowest BCUT2D eigenvalue weighted by Gasteiger charge is -2.16. The minimum absolute atomic E-state index is 0.182. The summed E-state index contributed by atoms with van der Waals surface area (Å²) >= 11 is 0. The van der Waals surface area contributed by atoms with E-state index in [2.05, 4.69) is 10.6 Å². The van der Waals surface area contributed by atoms with Gasteiger partial charge in [-0.3, -0.25) is 9.59 Å². The number of carbonyl (C=O) groups excluding carboxylic acids is 2. The van der Waals surface area contributed by atoms with Gasteiger partial charge < -0.3 is 10.6 Å². The molecule has 0 saturated carbocycles. The van der Waals surface area contributed by atoms with Crippen LogP contribution in [0.4, 0.5) is 15.8 Å². The van der Waals surface area contributed by atoms with Crippen LogP contribution in [0.3, 0.4) is 0 Å². The van der Waals surface area contributed by atoms with Crippen LogP contribution >= 0.6 is 0 Å². The standard InChI is InChI=1S/C24H23FN2O2/c1-16(14-18-8-6-9-19(25)15-18)23(28)27-22-13-7-12-21(17(22)2)24(29)26-20-10-4-3-5-11-20/h3-13,15-16H,14H2,1-2H3,(H,26,29)(H,27,28). The summed E-state index contributed by atoms with van der Waals surface area (Å²) in [6.45, 7) is 3.59. The van der Waals surface area contributed by atoms with Crippen molar-refractivity contribution in [3.8, 4) is 0 Å². The zero-order valence-corrected chi connectivity index (χ0v) is 16.4. The third-order valence-electron chi connectivity index (χ3n) is 4.75. The van der Waals surface area contributed by atoms with E-state index < -0.39 is 0 Å². The van der Waals surface area contributed by atoms with Crippen LogP contribution in [0.2, 0.25) is 0 Å². The van der Waals surface area contributed by atoms with E-state index in [9.17, 15) is 14.0 Å². The summed E-state index contributed by atoms with van der Waals surface area (Å²) < 4.78 is 13.4. The maximum atomic E-state index is 13.4. The number of hydrogen-bond acceptors (Lipinski definition) is 2. The highest BCUT2D eigenvalue weighted by Gasteiger charge is 2.17. The highest BCUT2D eigenvalue weighted by atomic mass is 19.1. The predicted molar refractivity (Wildman–Crippen MR) is 113 cm³/mol. The average molecular weight is 390 g/mol. The number of carbonyl (C=O) groups is 2. The fraction of sp³-hybridized carbons (Fsp3) is 0.167. The first kappa shape index (κ1) is 20.3. The molecule has 3 aromatic carbocycles. The van der Waals surface area contributed by atoms with Crippen molar-refractivity contribution in [2.45, 2.75) is 20.3 Å². The number of amides is 2. The Hall–Kier alpha value is -3.47. The summed E-state index contributed by atoms with van der Waals surface area (Å²) in [5.74, 6) is -1.09. The Balaban J connectivity index is 1.70. The van der Waals surface area contributed by atoms with Gasteiger partial charge in [-0.15, -0.1) is 0 Å². The van der Waals surface area contributed by atoms with Crippen molar-refractivity contribution in [2.75, 3.05) is 10.6 Å². The topological polar surface area (TPSA) is 58.2 Å².